The number of hydrogen-bond acceptors (Lipinski definition) is 4. The van der Waals surface area contributed by atoms with Crippen LogP contribution in [0.2, 0.25) is 0 Å². The molecule has 1 heterocycles. The van der Waals surface area contributed by atoms with Crippen LogP contribution in [0.5, 0.6) is 0 Å². The average molecular weight is 326 g/mol. The number of nitrogens with zero attached hydrogens (tertiary/aromatic N) is 3. The van der Waals surface area contributed by atoms with Gasteiger partial charge in [0, 0.05) is 18.3 Å². The Bertz CT molecular complexity index is 766. The molecule has 6 heteroatoms. The molecule has 0 spiro atoms. The minimum atomic E-state index is -0.507. The van der Waals surface area contributed by atoms with Gasteiger partial charge in [0.2, 0.25) is 0 Å². The lowest BCUT2D eigenvalue weighted by molar-refractivity contribution is 0.0525. The van der Waals surface area contributed by atoms with Crippen LogP contribution >= 0.6 is 0 Å². The van der Waals surface area contributed by atoms with Gasteiger partial charge in [-0.2, -0.15) is 10.4 Å². The number of carbonyl (C=O) groups excluding carboxylic acids is 1. The van der Waals surface area contributed by atoms with Crippen LogP contribution in [0.4, 0.5) is 4.79 Å². The summed E-state index contributed by atoms with van der Waals surface area (Å²) in [6, 6.07) is 7.86. The van der Waals surface area contributed by atoms with Crippen molar-refractivity contribution in [3.05, 3.63) is 41.7 Å². The first-order valence-electron chi connectivity index (χ1n) is 7.78. The molecule has 0 aliphatic heterocycles. The van der Waals surface area contributed by atoms with Gasteiger partial charge in [0.05, 0.1) is 24.4 Å². The molecule has 0 aliphatic rings. The van der Waals surface area contributed by atoms with Crippen LogP contribution in [0.25, 0.3) is 11.1 Å². The molecule has 126 valence electrons. The molecule has 1 amide bonds. The maximum atomic E-state index is 11.6. The predicted molar refractivity (Wildman–Crippen MR) is 91.4 cm³/mol. The lowest BCUT2D eigenvalue weighted by Gasteiger charge is -2.19. The van der Waals surface area contributed by atoms with Crippen LogP contribution in [0.1, 0.15) is 31.9 Å². The first kappa shape index (κ1) is 17.5. The summed E-state index contributed by atoms with van der Waals surface area (Å²) in [4.78, 5) is 11.6. The van der Waals surface area contributed by atoms with E-state index in [-0.39, 0.29) is 0 Å². The molecule has 2 aromatic rings. The summed E-state index contributed by atoms with van der Waals surface area (Å²) < 4.78 is 6.93. The third kappa shape index (κ3) is 5.13. The summed E-state index contributed by atoms with van der Waals surface area (Å²) in [5.74, 6) is 0. The van der Waals surface area contributed by atoms with Gasteiger partial charge in [0.1, 0.15) is 5.60 Å². The van der Waals surface area contributed by atoms with Crippen LogP contribution in [-0.2, 0) is 11.3 Å². The summed E-state index contributed by atoms with van der Waals surface area (Å²) >= 11 is 0. The van der Waals surface area contributed by atoms with Crippen molar-refractivity contribution in [1.29, 1.82) is 5.26 Å². The number of alkyl carbamates (subject to hydrolysis) is 1. The van der Waals surface area contributed by atoms with Crippen molar-refractivity contribution in [2.24, 2.45) is 0 Å². The Morgan fingerprint density at radius 2 is 2.08 bits per heavy atom. The Balaban J connectivity index is 1.96. The third-order valence-electron chi connectivity index (χ3n) is 3.18. The van der Waals surface area contributed by atoms with Crippen molar-refractivity contribution in [3.8, 4) is 17.2 Å². The van der Waals surface area contributed by atoms with E-state index in [1.807, 2.05) is 52.1 Å². The Hall–Kier alpha value is -2.81. The molecule has 0 radical (unpaired) electrons. The fourth-order valence-electron chi connectivity index (χ4n) is 2.24. The fourth-order valence-corrected chi connectivity index (χ4v) is 2.24. The van der Waals surface area contributed by atoms with E-state index in [0.717, 1.165) is 16.7 Å². The van der Waals surface area contributed by atoms with Gasteiger partial charge in [-0.15, -0.1) is 0 Å². The zero-order valence-electron chi connectivity index (χ0n) is 14.5. The maximum absolute atomic E-state index is 11.6. The molecule has 0 fully saturated rings. The number of rotatable bonds is 4. The van der Waals surface area contributed by atoms with E-state index in [4.69, 9.17) is 10.00 Å². The normalized spacial score (nSPS) is 11.0. The second kappa shape index (κ2) is 7.18. The van der Waals surface area contributed by atoms with E-state index in [9.17, 15) is 4.79 Å². The van der Waals surface area contributed by atoms with Crippen LogP contribution in [-0.4, -0.2) is 28.0 Å². The highest BCUT2D eigenvalue weighted by molar-refractivity contribution is 5.67. The van der Waals surface area contributed by atoms with Crippen LogP contribution < -0.4 is 5.32 Å². The number of aryl methyl sites for hydroxylation is 1. The Labute approximate surface area is 142 Å². The zero-order chi connectivity index (χ0) is 17.7. The fraction of sp³-hybridized carbons (Fsp3) is 0.389. The van der Waals surface area contributed by atoms with Gasteiger partial charge in [0.15, 0.2) is 0 Å². The molecule has 1 aromatic heterocycles. The highest BCUT2D eigenvalue weighted by Gasteiger charge is 2.15. The van der Waals surface area contributed by atoms with Gasteiger partial charge in [-0.1, -0.05) is 6.07 Å². The molecule has 24 heavy (non-hydrogen) atoms. The molecule has 1 N–H and O–H groups in total. The second-order valence-corrected chi connectivity index (χ2v) is 6.62. The van der Waals surface area contributed by atoms with E-state index in [2.05, 4.69) is 16.5 Å². The van der Waals surface area contributed by atoms with E-state index >= 15 is 0 Å². The van der Waals surface area contributed by atoms with Gasteiger partial charge in [-0.3, -0.25) is 4.68 Å². The zero-order valence-corrected chi connectivity index (χ0v) is 14.5. The largest absolute Gasteiger partial charge is 0.444 e. The quantitative estimate of drug-likeness (QED) is 0.935. The van der Waals surface area contributed by atoms with Gasteiger partial charge >= 0.3 is 6.09 Å². The predicted octanol–water partition coefficient (Wildman–Crippen LogP) is 3.25. The Kier molecular flexibility index (Phi) is 5.24. The van der Waals surface area contributed by atoms with Crippen LogP contribution in [0.15, 0.2) is 30.6 Å². The van der Waals surface area contributed by atoms with Gasteiger partial charge in [-0.25, -0.2) is 4.79 Å². The van der Waals surface area contributed by atoms with E-state index in [1.165, 1.54) is 0 Å². The first-order valence-corrected chi connectivity index (χ1v) is 7.78. The second-order valence-electron chi connectivity index (χ2n) is 6.62. The number of nitrogens with one attached hydrogen (secondary N) is 1. The van der Waals surface area contributed by atoms with Crippen LogP contribution in [0, 0.1) is 18.3 Å². The van der Waals surface area contributed by atoms with E-state index in [1.54, 1.807) is 10.9 Å². The summed E-state index contributed by atoms with van der Waals surface area (Å²) in [6.45, 7) is 8.39. The maximum Gasteiger partial charge on any atom is 0.407 e. The van der Waals surface area contributed by atoms with Gasteiger partial charge in [-0.05, 0) is 51.0 Å². The molecule has 0 aliphatic carbocycles. The summed E-state index contributed by atoms with van der Waals surface area (Å²) in [5.41, 5.74) is 3.05. The standard InChI is InChI=1S/C18H22N4O2/c1-13-7-14(10-19)9-15(8-13)16-11-21-22(12-16)6-5-20-17(23)24-18(2,3)4/h7-9,11-12H,5-6H2,1-4H3,(H,20,23). The summed E-state index contributed by atoms with van der Waals surface area (Å²) in [7, 11) is 0. The van der Waals surface area contributed by atoms with Gasteiger partial charge in [0.25, 0.3) is 0 Å². The molecule has 6 nitrogen and oxygen atoms in total. The number of hydrogen-bond donors (Lipinski definition) is 1. The first-order chi connectivity index (χ1) is 11.3. The molecule has 0 bridgehead atoms. The van der Waals surface area contributed by atoms with Crippen molar-refractivity contribution in [2.45, 2.75) is 39.8 Å². The number of nitriles is 1. The van der Waals surface area contributed by atoms with Crippen molar-refractivity contribution in [1.82, 2.24) is 15.1 Å². The highest BCUT2D eigenvalue weighted by Crippen LogP contribution is 2.21. The lowest BCUT2D eigenvalue weighted by Crippen LogP contribution is -2.34. The van der Waals surface area contributed by atoms with Crippen molar-refractivity contribution >= 4 is 6.09 Å². The third-order valence-corrected chi connectivity index (χ3v) is 3.18. The molecule has 0 unspecified atom stereocenters. The number of carbonyl (C=O) groups is 1. The van der Waals surface area contributed by atoms with Crippen molar-refractivity contribution in [2.75, 3.05) is 6.54 Å². The van der Waals surface area contributed by atoms with Gasteiger partial charge < -0.3 is 10.1 Å². The van der Waals surface area contributed by atoms with E-state index in [0.29, 0.717) is 18.7 Å². The molecule has 1 aromatic carbocycles. The Morgan fingerprint density at radius 3 is 2.75 bits per heavy atom. The van der Waals surface area contributed by atoms with E-state index < -0.39 is 11.7 Å². The summed E-state index contributed by atoms with van der Waals surface area (Å²) in [6.07, 6.45) is 3.21. The van der Waals surface area contributed by atoms with Crippen LogP contribution in [0.3, 0.4) is 0 Å². The number of aromatic nitrogens is 2. The molecule has 0 saturated carbocycles. The SMILES string of the molecule is Cc1cc(C#N)cc(-c2cnn(CCNC(=O)OC(C)(C)C)c2)c1. The monoisotopic (exact) mass is 326 g/mol. The minimum absolute atomic E-state index is 0.424. The topological polar surface area (TPSA) is 79.9 Å². The lowest BCUT2D eigenvalue weighted by atomic mass is 10.0. The number of amides is 1. The van der Waals surface area contributed by atoms with Crippen molar-refractivity contribution in [3.63, 3.8) is 0 Å². The average Bonchev–Trinajstić information content (AvgIpc) is 2.93. The highest BCUT2D eigenvalue weighted by atomic mass is 16.6. The minimum Gasteiger partial charge on any atom is -0.444 e. The molecule has 0 saturated heterocycles. The number of ether oxygens (including phenoxy) is 1. The smallest absolute Gasteiger partial charge is 0.407 e. The molecule has 2 rings (SSSR count). The Morgan fingerprint density at radius 1 is 1.33 bits per heavy atom. The van der Waals surface area contributed by atoms with Crippen molar-refractivity contribution < 1.29 is 9.53 Å². The molecular formula is C18H22N4O2. The molecule has 0 atom stereocenters. The molecular weight excluding hydrogens is 304 g/mol. The number of benzene rings is 1. The summed E-state index contributed by atoms with van der Waals surface area (Å²) in [5, 5.41) is 16.1.